The Morgan fingerprint density at radius 3 is 2.96 bits per heavy atom. The molecule has 1 N–H and O–H groups in total. The lowest BCUT2D eigenvalue weighted by atomic mass is 10.2. The summed E-state index contributed by atoms with van der Waals surface area (Å²) in [6, 6.07) is 13.7. The minimum atomic E-state index is 0.00118. The number of carbonyl (C=O) groups is 1. The largest absolute Gasteiger partial charge is 0.352 e. The Morgan fingerprint density at radius 2 is 2.13 bits per heavy atom. The number of amides is 1. The van der Waals surface area contributed by atoms with Crippen LogP contribution in [-0.4, -0.2) is 15.7 Å². The average Bonchev–Trinajstić information content (AvgIpc) is 2.93. The van der Waals surface area contributed by atoms with Gasteiger partial charge in [0.2, 0.25) is 5.91 Å². The molecule has 0 atom stereocenters. The fourth-order valence-corrected chi connectivity index (χ4v) is 2.71. The van der Waals surface area contributed by atoms with E-state index in [9.17, 15) is 4.79 Å². The van der Waals surface area contributed by atoms with Crippen molar-refractivity contribution in [2.75, 3.05) is 0 Å². The molecule has 23 heavy (non-hydrogen) atoms. The van der Waals surface area contributed by atoms with Crippen molar-refractivity contribution < 1.29 is 4.79 Å². The maximum atomic E-state index is 12.0. The molecule has 0 saturated carbocycles. The second-order valence-electron chi connectivity index (χ2n) is 5.59. The molecule has 0 unspecified atom stereocenters. The van der Waals surface area contributed by atoms with E-state index in [1.807, 2.05) is 41.2 Å². The van der Waals surface area contributed by atoms with E-state index in [1.54, 1.807) is 0 Å². The molecule has 5 heteroatoms. The highest BCUT2D eigenvalue weighted by Crippen LogP contribution is 2.15. The van der Waals surface area contributed by atoms with Crippen molar-refractivity contribution in [1.29, 1.82) is 0 Å². The molecule has 0 aliphatic rings. The molecule has 0 fully saturated rings. The van der Waals surface area contributed by atoms with Crippen LogP contribution >= 0.6 is 11.6 Å². The van der Waals surface area contributed by atoms with Gasteiger partial charge in [-0.05, 0) is 36.2 Å². The van der Waals surface area contributed by atoms with Gasteiger partial charge in [0, 0.05) is 23.4 Å². The highest BCUT2D eigenvalue weighted by molar-refractivity contribution is 6.30. The first-order valence-corrected chi connectivity index (χ1v) is 7.93. The Hall–Kier alpha value is -2.33. The molecule has 4 nitrogen and oxygen atoms in total. The van der Waals surface area contributed by atoms with Gasteiger partial charge in [-0.15, -0.1) is 0 Å². The minimum absolute atomic E-state index is 0.00118. The summed E-state index contributed by atoms with van der Waals surface area (Å²) < 4.78 is 1.88. The second-order valence-corrected chi connectivity index (χ2v) is 6.02. The Balaban J connectivity index is 1.57. The molecular weight excluding hydrogens is 310 g/mol. The van der Waals surface area contributed by atoms with Crippen LogP contribution in [-0.2, 0) is 17.9 Å². The van der Waals surface area contributed by atoms with Crippen LogP contribution in [0.25, 0.3) is 10.9 Å². The predicted octanol–water partition coefficient (Wildman–Crippen LogP) is 3.70. The van der Waals surface area contributed by atoms with Crippen LogP contribution in [0.15, 0.2) is 48.7 Å². The molecule has 0 spiro atoms. The predicted molar refractivity (Wildman–Crippen MR) is 92.4 cm³/mol. The van der Waals surface area contributed by atoms with Crippen molar-refractivity contribution in [1.82, 2.24) is 15.1 Å². The first-order valence-electron chi connectivity index (χ1n) is 7.55. The van der Waals surface area contributed by atoms with E-state index in [0.717, 1.165) is 16.5 Å². The number of hydrogen-bond donors (Lipinski definition) is 1. The average molecular weight is 328 g/mol. The zero-order chi connectivity index (χ0) is 16.2. The molecule has 0 bridgehead atoms. The molecule has 1 aromatic heterocycles. The summed E-state index contributed by atoms with van der Waals surface area (Å²) in [6.45, 7) is 3.10. The Morgan fingerprint density at radius 1 is 1.26 bits per heavy atom. The van der Waals surface area contributed by atoms with Crippen molar-refractivity contribution in [3.63, 3.8) is 0 Å². The Labute approximate surface area is 140 Å². The van der Waals surface area contributed by atoms with E-state index in [0.29, 0.717) is 24.5 Å². The van der Waals surface area contributed by atoms with E-state index < -0.39 is 0 Å². The third-order valence-corrected chi connectivity index (χ3v) is 3.96. The number of carbonyl (C=O) groups excluding carboxylic acids is 1. The van der Waals surface area contributed by atoms with Crippen LogP contribution in [0.2, 0.25) is 5.02 Å². The van der Waals surface area contributed by atoms with Crippen LogP contribution in [0.3, 0.4) is 0 Å². The highest BCUT2D eigenvalue weighted by Gasteiger charge is 2.06. The van der Waals surface area contributed by atoms with Gasteiger partial charge in [0.15, 0.2) is 0 Å². The fourth-order valence-electron chi connectivity index (χ4n) is 2.50. The van der Waals surface area contributed by atoms with Crippen molar-refractivity contribution in [3.05, 3.63) is 64.8 Å². The van der Waals surface area contributed by atoms with Gasteiger partial charge in [-0.25, -0.2) is 0 Å². The summed E-state index contributed by atoms with van der Waals surface area (Å²) in [5.74, 6) is 0.00118. The van der Waals surface area contributed by atoms with Crippen molar-refractivity contribution in [3.8, 4) is 0 Å². The van der Waals surface area contributed by atoms with E-state index >= 15 is 0 Å². The number of nitrogens with one attached hydrogen (secondary N) is 1. The molecule has 0 aliphatic carbocycles. The maximum absolute atomic E-state index is 12.0. The topological polar surface area (TPSA) is 46.9 Å². The number of fused-ring (bicyclic) bond motifs is 1. The smallest absolute Gasteiger partial charge is 0.222 e. The molecule has 2 aromatic carbocycles. The molecule has 0 saturated heterocycles. The van der Waals surface area contributed by atoms with E-state index in [4.69, 9.17) is 11.6 Å². The van der Waals surface area contributed by atoms with Gasteiger partial charge in [0.05, 0.1) is 18.3 Å². The van der Waals surface area contributed by atoms with Gasteiger partial charge >= 0.3 is 0 Å². The number of aryl methyl sites for hydroxylation is 2. The van der Waals surface area contributed by atoms with Crippen LogP contribution in [0.5, 0.6) is 0 Å². The molecule has 3 rings (SSSR count). The number of halogens is 1. The molecule has 3 aromatic rings. The molecule has 1 heterocycles. The lowest BCUT2D eigenvalue weighted by molar-refractivity contribution is -0.121. The molecule has 0 radical (unpaired) electrons. The first kappa shape index (κ1) is 15.6. The van der Waals surface area contributed by atoms with Gasteiger partial charge in [-0.1, -0.05) is 35.9 Å². The van der Waals surface area contributed by atoms with Gasteiger partial charge in [0.25, 0.3) is 0 Å². The molecular formula is C18H18ClN3O. The number of benzene rings is 2. The summed E-state index contributed by atoms with van der Waals surface area (Å²) in [4.78, 5) is 12.0. The lowest BCUT2D eigenvalue weighted by Gasteiger charge is -2.07. The summed E-state index contributed by atoms with van der Waals surface area (Å²) in [5, 5.41) is 9.04. The highest BCUT2D eigenvalue weighted by atomic mass is 35.5. The lowest BCUT2D eigenvalue weighted by Crippen LogP contribution is -2.24. The third kappa shape index (κ3) is 3.90. The molecule has 118 valence electrons. The second kappa shape index (κ2) is 6.84. The standard InChI is InChI=1S/C18H18ClN3O/c1-13-5-6-15-12-21-22(17(15)9-13)8-7-18(23)20-11-14-3-2-4-16(19)10-14/h2-6,9-10,12H,7-8,11H2,1H3,(H,20,23). The fraction of sp³-hybridized carbons (Fsp3) is 0.222. The van der Waals surface area contributed by atoms with E-state index in [2.05, 4.69) is 29.5 Å². The SMILES string of the molecule is Cc1ccc2cnn(CCC(=O)NCc3cccc(Cl)c3)c2c1. The van der Waals surface area contributed by atoms with Crippen molar-refractivity contribution >= 4 is 28.4 Å². The van der Waals surface area contributed by atoms with Crippen molar-refractivity contribution in [2.45, 2.75) is 26.4 Å². The first-order chi connectivity index (χ1) is 11.1. The number of rotatable bonds is 5. The quantitative estimate of drug-likeness (QED) is 0.776. The zero-order valence-corrected chi connectivity index (χ0v) is 13.7. The Kier molecular flexibility index (Phi) is 4.63. The molecule has 1 amide bonds. The molecule has 0 aliphatic heterocycles. The van der Waals surface area contributed by atoms with Crippen LogP contribution in [0, 0.1) is 6.92 Å². The number of aromatic nitrogens is 2. The van der Waals surface area contributed by atoms with E-state index in [1.165, 1.54) is 5.56 Å². The summed E-state index contributed by atoms with van der Waals surface area (Å²) in [7, 11) is 0. The van der Waals surface area contributed by atoms with Crippen LogP contribution in [0.1, 0.15) is 17.5 Å². The summed E-state index contributed by atoms with van der Waals surface area (Å²) in [6.07, 6.45) is 2.23. The number of nitrogens with zero attached hydrogens (tertiary/aromatic N) is 2. The van der Waals surface area contributed by atoms with Gasteiger partial charge in [-0.2, -0.15) is 5.10 Å². The van der Waals surface area contributed by atoms with E-state index in [-0.39, 0.29) is 5.91 Å². The van der Waals surface area contributed by atoms with Crippen LogP contribution in [0.4, 0.5) is 0 Å². The zero-order valence-electron chi connectivity index (χ0n) is 12.9. The van der Waals surface area contributed by atoms with Gasteiger partial charge in [-0.3, -0.25) is 9.48 Å². The number of hydrogen-bond acceptors (Lipinski definition) is 2. The van der Waals surface area contributed by atoms with Gasteiger partial charge in [0.1, 0.15) is 0 Å². The monoisotopic (exact) mass is 327 g/mol. The van der Waals surface area contributed by atoms with Gasteiger partial charge < -0.3 is 5.32 Å². The summed E-state index contributed by atoms with van der Waals surface area (Å²) in [5.41, 5.74) is 3.24. The maximum Gasteiger partial charge on any atom is 0.222 e. The van der Waals surface area contributed by atoms with Crippen LogP contribution < -0.4 is 5.32 Å². The third-order valence-electron chi connectivity index (χ3n) is 3.73. The minimum Gasteiger partial charge on any atom is -0.352 e. The summed E-state index contributed by atoms with van der Waals surface area (Å²) >= 11 is 5.93. The van der Waals surface area contributed by atoms with Crippen molar-refractivity contribution in [2.24, 2.45) is 0 Å². The normalized spacial score (nSPS) is 10.9. The Bertz CT molecular complexity index is 841.